The molecular formula is C23H35N3O. The number of aryl methyl sites for hydroxylation is 2. The molecule has 1 aromatic rings. The fraction of sp³-hybridized carbons (Fsp3) is 0.696. The van der Waals surface area contributed by atoms with E-state index >= 15 is 0 Å². The molecular weight excluding hydrogens is 334 g/mol. The van der Waals surface area contributed by atoms with Crippen LogP contribution in [-0.4, -0.2) is 53.6 Å². The number of hydrogen-bond acceptors (Lipinski definition) is 2. The van der Waals surface area contributed by atoms with E-state index in [4.69, 9.17) is 0 Å². The zero-order chi connectivity index (χ0) is 19.0. The van der Waals surface area contributed by atoms with Crippen LogP contribution in [0, 0.1) is 13.8 Å². The standard InChI is InChI=1S/C23H35N3O/c1-17-5-6-21(18(2)15-17)19-9-14-25(16-19)22(27)24-20-7-10-23(3,11-8-20)26-12-4-13-26/h5-6,15,19-20H,4,7-14,16H2,1-3H3,(H,24,27). The first kappa shape index (κ1) is 18.8. The molecule has 3 aliphatic rings. The Hall–Kier alpha value is -1.55. The number of likely N-dealkylation sites (tertiary alicyclic amines) is 2. The summed E-state index contributed by atoms with van der Waals surface area (Å²) < 4.78 is 0. The minimum absolute atomic E-state index is 0.153. The first-order chi connectivity index (χ1) is 12.9. The summed E-state index contributed by atoms with van der Waals surface area (Å²) in [4.78, 5) is 17.5. The van der Waals surface area contributed by atoms with Crippen LogP contribution in [0.15, 0.2) is 18.2 Å². The van der Waals surface area contributed by atoms with Gasteiger partial charge < -0.3 is 10.2 Å². The van der Waals surface area contributed by atoms with Crippen LogP contribution in [0.2, 0.25) is 0 Å². The van der Waals surface area contributed by atoms with Gasteiger partial charge in [-0.05, 0) is 83.5 Å². The van der Waals surface area contributed by atoms with Crippen molar-refractivity contribution < 1.29 is 4.79 Å². The second-order valence-corrected chi connectivity index (χ2v) is 9.35. The number of benzene rings is 1. The maximum Gasteiger partial charge on any atom is 0.317 e. The summed E-state index contributed by atoms with van der Waals surface area (Å²) in [6.07, 6.45) is 7.09. The van der Waals surface area contributed by atoms with Crippen molar-refractivity contribution in [1.29, 1.82) is 0 Å². The minimum Gasteiger partial charge on any atom is -0.335 e. The number of nitrogens with one attached hydrogen (secondary N) is 1. The van der Waals surface area contributed by atoms with Gasteiger partial charge in [0.05, 0.1) is 0 Å². The maximum absolute atomic E-state index is 12.8. The molecule has 27 heavy (non-hydrogen) atoms. The van der Waals surface area contributed by atoms with Gasteiger partial charge >= 0.3 is 6.03 Å². The Morgan fingerprint density at radius 1 is 1.11 bits per heavy atom. The number of rotatable bonds is 3. The summed E-state index contributed by atoms with van der Waals surface area (Å²) in [5.74, 6) is 0.484. The number of urea groups is 1. The summed E-state index contributed by atoms with van der Waals surface area (Å²) in [6, 6.07) is 7.22. The van der Waals surface area contributed by atoms with E-state index in [2.05, 4.69) is 49.2 Å². The van der Waals surface area contributed by atoms with Gasteiger partial charge in [0.1, 0.15) is 0 Å². The zero-order valence-electron chi connectivity index (χ0n) is 17.3. The highest BCUT2D eigenvalue weighted by Crippen LogP contribution is 2.36. The van der Waals surface area contributed by atoms with E-state index in [1.807, 2.05) is 4.90 Å². The van der Waals surface area contributed by atoms with Crippen molar-refractivity contribution in [2.75, 3.05) is 26.2 Å². The molecule has 2 saturated heterocycles. The maximum atomic E-state index is 12.8. The van der Waals surface area contributed by atoms with Crippen molar-refractivity contribution in [2.45, 2.75) is 76.8 Å². The highest BCUT2D eigenvalue weighted by molar-refractivity contribution is 5.75. The topological polar surface area (TPSA) is 35.6 Å². The van der Waals surface area contributed by atoms with Crippen LogP contribution < -0.4 is 5.32 Å². The Morgan fingerprint density at radius 3 is 2.48 bits per heavy atom. The van der Waals surface area contributed by atoms with Crippen LogP contribution >= 0.6 is 0 Å². The first-order valence-electron chi connectivity index (χ1n) is 10.8. The number of carbonyl (C=O) groups excluding carboxylic acids is 1. The molecule has 0 aromatic heterocycles. The molecule has 4 heteroatoms. The van der Waals surface area contributed by atoms with Crippen molar-refractivity contribution in [3.63, 3.8) is 0 Å². The van der Waals surface area contributed by atoms with Gasteiger partial charge in [0.25, 0.3) is 0 Å². The number of carbonyl (C=O) groups is 1. The van der Waals surface area contributed by atoms with E-state index in [0.29, 0.717) is 17.5 Å². The molecule has 2 heterocycles. The predicted molar refractivity (Wildman–Crippen MR) is 110 cm³/mol. The van der Waals surface area contributed by atoms with Crippen LogP contribution in [0.5, 0.6) is 0 Å². The van der Waals surface area contributed by atoms with E-state index in [9.17, 15) is 4.79 Å². The van der Waals surface area contributed by atoms with E-state index in [-0.39, 0.29) is 6.03 Å². The van der Waals surface area contributed by atoms with Crippen LogP contribution in [0.25, 0.3) is 0 Å². The Morgan fingerprint density at radius 2 is 1.85 bits per heavy atom. The minimum atomic E-state index is 0.153. The van der Waals surface area contributed by atoms with Gasteiger partial charge in [-0.15, -0.1) is 0 Å². The fourth-order valence-electron chi connectivity index (χ4n) is 5.30. The SMILES string of the molecule is Cc1ccc(C2CCN(C(=O)NC3CCC(C)(N4CCC4)CC3)C2)c(C)c1. The molecule has 1 N–H and O–H groups in total. The molecule has 1 atom stereocenters. The Kier molecular flexibility index (Phi) is 5.19. The molecule has 1 saturated carbocycles. The van der Waals surface area contributed by atoms with E-state index in [0.717, 1.165) is 32.4 Å². The molecule has 3 fully saturated rings. The lowest BCUT2D eigenvalue weighted by Crippen LogP contribution is -2.57. The molecule has 0 spiro atoms. The monoisotopic (exact) mass is 369 g/mol. The van der Waals surface area contributed by atoms with Crippen molar-refractivity contribution in [2.24, 2.45) is 0 Å². The molecule has 1 aromatic carbocycles. The first-order valence-corrected chi connectivity index (χ1v) is 10.8. The second-order valence-electron chi connectivity index (χ2n) is 9.35. The third-order valence-corrected chi connectivity index (χ3v) is 7.35. The lowest BCUT2D eigenvalue weighted by molar-refractivity contribution is 0.00920. The smallest absolute Gasteiger partial charge is 0.317 e. The van der Waals surface area contributed by atoms with Gasteiger partial charge in [0.2, 0.25) is 0 Å². The van der Waals surface area contributed by atoms with Gasteiger partial charge in [-0.3, -0.25) is 4.90 Å². The Balaban J connectivity index is 1.28. The molecule has 148 valence electrons. The summed E-state index contributed by atoms with van der Waals surface area (Å²) >= 11 is 0. The molecule has 4 nitrogen and oxygen atoms in total. The average molecular weight is 370 g/mol. The van der Waals surface area contributed by atoms with E-state index in [1.54, 1.807) is 0 Å². The van der Waals surface area contributed by atoms with Crippen LogP contribution in [0.4, 0.5) is 4.79 Å². The van der Waals surface area contributed by atoms with Crippen molar-refractivity contribution in [1.82, 2.24) is 15.1 Å². The highest BCUT2D eigenvalue weighted by atomic mass is 16.2. The summed E-state index contributed by atoms with van der Waals surface area (Å²) in [6.45, 7) is 11.0. The Bertz CT molecular complexity index is 689. The molecule has 2 amide bonds. The van der Waals surface area contributed by atoms with Gasteiger partial charge in [-0.1, -0.05) is 23.8 Å². The number of hydrogen-bond donors (Lipinski definition) is 1. The molecule has 1 unspecified atom stereocenters. The summed E-state index contributed by atoms with van der Waals surface area (Å²) in [5, 5.41) is 3.34. The third kappa shape index (κ3) is 3.87. The van der Waals surface area contributed by atoms with Gasteiger partial charge in [-0.25, -0.2) is 4.79 Å². The van der Waals surface area contributed by atoms with Gasteiger partial charge in [-0.2, -0.15) is 0 Å². The van der Waals surface area contributed by atoms with Crippen molar-refractivity contribution in [3.05, 3.63) is 34.9 Å². The van der Waals surface area contributed by atoms with E-state index < -0.39 is 0 Å². The van der Waals surface area contributed by atoms with E-state index in [1.165, 1.54) is 49.0 Å². The van der Waals surface area contributed by atoms with Gasteiger partial charge in [0, 0.05) is 30.6 Å². The molecule has 1 aliphatic carbocycles. The lowest BCUT2D eigenvalue weighted by Gasteiger charge is -2.50. The summed E-state index contributed by atoms with van der Waals surface area (Å²) in [7, 11) is 0. The third-order valence-electron chi connectivity index (χ3n) is 7.35. The largest absolute Gasteiger partial charge is 0.335 e. The lowest BCUT2D eigenvalue weighted by atomic mass is 9.78. The van der Waals surface area contributed by atoms with Crippen LogP contribution in [0.1, 0.15) is 68.1 Å². The second kappa shape index (κ2) is 7.46. The Labute approximate surface area is 164 Å². The molecule has 2 aliphatic heterocycles. The fourth-order valence-corrected chi connectivity index (χ4v) is 5.30. The van der Waals surface area contributed by atoms with Crippen LogP contribution in [0.3, 0.4) is 0 Å². The van der Waals surface area contributed by atoms with Crippen molar-refractivity contribution >= 4 is 6.03 Å². The average Bonchev–Trinajstić information content (AvgIpc) is 3.05. The van der Waals surface area contributed by atoms with Crippen LogP contribution in [-0.2, 0) is 0 Å². The van der Waals surface area contributed by atoms with Crippen molar-refractivity contribution in [3.8, 4) is 0 Å². The zero-order valence-corrected chi connectivity index (χ0v) is 17.3. The molecule has 4 rings (SSSR count). The molecule has 0 radical (unpaired) electrons. The highest BCUT2D eigenvalue weighted by Gasteiger charge is 2.39. The number of nitrogens with zero attached hydrogens (tertiary/aromatic N) is 2. The van der Waals surface area contributed by atoms with Gasteiger partial charge in [0.15, 0.2) is 0 Å². The summed E-state index contributed by atoms with van der Waals surface area (Å²) in [5.41, 5.74) is 4.46. The predicted octanol–water partition coefficient (Wildman–Crippen LogP) is 4.21. The normalized spacial score (nSPS) is 31.6. The number of amides is 2. The molecule has 0 bridgehead atoms. The quantitative estimate of drug-likeness (QED) is 0.866.